The van der Waals surface area contributed by atoms with Crippen molar-refractivity contribution >= 4 is 11.6 Å². The van der Waals surface area contributed by atoms with Gasteiger partial charge in [0.2, 0.25) is 5.91 Å². The summed E-state index contributed by atoms with van der Waals surface area (Å²) in [6.45, 7) is 6.39. The van der Waals surface area contributed by atoms with E-state index < -0.39 is 5.54 Å². The van der Waals surface area contributed by atoms with Crippen LogP contribution in [0.2, 0.25) is 0 Å². The van der Waals surface area contributed by atoms with Crippen molar-refractivity contribution in [3.8, 4) is 0 Å². The van der Waals surface area contributed by atoms with Crippen LogP contribution in [0.25, 0.3) is 0 Å². The Morgan fingerprint density at radius 1 is 1.39 bits per heavy atom. The van der Waals surface area contributed by atoms with Crippen molar-refractivity contribution in [2.24, 2.45) is 0 Å². The number of benzene rings is 1. The molecule has 0 aliphatic carbocycles. The molecule has 0 saturated carbocycles. The second-order valence-corrected chi connectivity index (χ2v) is 7.16. The Morgan fingerprint density at radius 2 is 2.09 bits per heavy atom. The van der Waals surface area contributed by atoms with Gasteiger partial charge in [0.25, 0.3) is 0 Å². The van der Waals surface area contributed by atoms with Crippen molar-refractivity contribution < 1.29 is 9.18 Å². The zero-order valence-corrected chi connectivity index (χ0v) is 14.0. The molecule has 23 heavy (non-hydrogen) atoms. The maximum Gasteiger partial charge on any atom is 0.242 e. The fourth-order valence-electron chi connectivity index (χ4n) is 3.98. The summed E-state index contributed by atoms with van der Waals surface area (Å²) in [6.07, 6.45) is 3.73. The molecule has 5 heteroatoms. The highest BCUT2D eigenvalue weighted by atomic mass is 19.1. The van der Waals surface area contributed by atoms with Crippen molar-refractivity contribution in [1.82, 2.24) is 10.2 Å². The third-order valence-electron chi connectivity index (χ3n) is 5.45. The van der Waals surface area contributed by atoms with Crippen LogP contribution in [0, 0.1) is 12.7 Å². The van der Waals surface area contributed by atoms with Crippen molar-refractivity contribution in [2.75, 3.05) is 25.4 Å². The number of carbonyl (C=O) groups excluding carboxylic acids is 1. The summed E-state index contributed by atoms with van der Waals surface area (Å²) >= 11 is 0. The van der Waals surface area contributed by atoms with E-state index in [2.05, 4.69) is 5.32 Å². The highest BCUT2D eigenvalue weighted by Crippen LogP contribution is 2.33. The number of hydrogen-bond donors (Lipinski definition) is 2. The van der Waals surface area contributed by atoms with Gasteiger partial charge in [-0.05, 0) is 75.3 Å². The van der Waals surface area contributed by atoms with Crippen LogP contribution < -0.4 is 11.1 Å². The number of anilines is 1. The fourth-order valence-corrected chi connectivity index (χ4v) is 3.98. The number of amides is 1. The lowest BCUT2D eigenvalue weighted by atomic mass is 9.85. The number of nitrogen functional groups attached to an aromatic ring is 1. The molecule has 3 N–H and O–H groups in total. The molecule has 1 amide bonds. The first-order valence-corrected chi connectivity index (χ1v) is 8.50. The van der Waals surface area contributed by atoms with Gasteiger partial charge in [0.15, 0.2) is 0 Å². The molecule has 2 aliphatic heterocycles. The Kier molecular flexibility index (Phi) is 4.32. The Balaban J connectivity index is 1.67. The van der Waals surface area contributed by atoms with Gasteiger partial charge in [-0.2, -0.15) is 0 Å². The van der Waals surface area contributed by atoms with E-state index in [-0.39, 0.29) is 17.4 Å². The summed E-state index contributed by atoms with van der Waals surface area (Å²) in [5.74, 6) is 0.180. The quantitative estimate of drug-likeness (QED) is 0.824. The van der Waals surface area contributed by atoms with Gasteiger partial charge in [0.1, 0.15) is 5.82 Å². The minimum atomic E-state index is -0.393. The molecule has 2 aliphatic rings. The minimum absolute atomic E-state index is 0.207. The van der Waals surface area contributed by atoms with Gasteiger partial charge in [-0.25, -0.2) is 4.39 Å². The van der Waals surface area contributed by atoms with Gasteiger partial charge >= 0.3 is 0 Å². The average Bonchev–Trinajstić information content (AvgIpc) is 2.98. The number of likely N-dealkylation sites (tertiary alicyclic amines) is 1. The molecule has 0 spiro atoms. The Bertz CT molecular complexity index is 603. The van der Waals surface area contributed by atoms with E-state index in [0.29, 0.717) is 5.92 Å². The Labute approximate surface area is 137 Å². The third-order valence-corrected chi connectivity index (χ3v) is 5.45. The monoisotopic (exact) mass is 319 g/mol. The maximum absolute atomic E-state index is 13.8. The van der Waals surface area contributed by atoms with Crippen molar-refractivity contribution in [3.05, 3.63) is 29.1 Å². The normalized spacial score (nSPS) is 25.8. The van der Waals surface area contributed by atoms with Gasteiger partial charge in [-0.1, -0.05) is 0 Å². The van der Waals surface area contributed by atoms with Crippen LogP contribution in [0.5, 0.6) is 0 Å². The molecule has 2 saturated heterocycles. The van der Waals surface area contributed by atoms with E-state index in [9.17, 15) is 9.18 Å². The topological polar surface area (TPSA) is 58.4 Å². The molecule has 1 aromatic carbocycles. The first kappa shape index (κ1) is 16.2. The molecule has 126 valence electrons. The lowest BCUT2D eigenvalue weighted by Crippen LogP contribution is -2.54. The molecule has 0 unspecified atom stereocenters. The molecule has 0 bridgehead atoms. The van der Waals surface area contributed by atoms with Crippen LogP contribution in [0.4, 0.5) is 10.1 Å². The molecule has 2 fully saturated rings. The van der Waals surface area contributed by atoms with Crippen LogP contribution in [-0.2, 0) is 4.79 Å². The van der Waals surface area contributed by atoms with Crippen molar-refractivity contribution in [1.29, 1.82) is 0 Å². The van der Waals surface area contributed by atoms with E-state index in [1.165, 1.54) is 0 Å². The lowest BCUT2D eigenvalue weighted by molar-refractivity contribution is -0.138. The highest BCUT2D eigenvalue weighted by molar-refractivity contribution is 5.86. The molecule has 0 aromatic heterocycles. The summed E-state index contributed by atoms with van der Waals surface area (Å²) < 4.78 is 13.8. The van der Waals surface area contributed by atoms with Gasteiger partial charge in [-0.15, -0.1) is 0 Å². The highest BCUT2D eigenvalue weighted by Gasteiger charge is 2.40. The van der Waals surface area contributed by atoms with Crippen LogP contribution in [-0.4, -0.2) is 36.0 Å². The average molecular weight is 319 g/mol. The molecule has 1 atom stereocenters. The van der Waals surface area contributed by atoms with Gasteiger partial charge in [0, 0.05) is 13.1 Å². The van der Waals surface area contributed by atoms with Gasteiger partial charge < -0.3 is 16.0 Å². The standard InChI is InChI=1S/C18H26FN3O/c1-12-10-16(20)15(19)11-14(12)13-4-8-22(9-5-13)17(23)18(2)6-3-7-21-18/h10-11,13,21H,3-9,20H2,1-2H3/t18-/m0/s1. The molecule has 1 aromatic rings. The van der Waals surface area contributed by atoms with Crippen molar-refractivity contribution in [2.45, 2.75) is 51.0 Å². The number of halogens is 1. The second kappa shape index (κ2) is 6.11. The van der Waals surface area contributed by atoms with Crippen molar-refractivity contribution in [3.63, 3.8) is 0 Å². The number of piperidine rings is 1. The predicted octanol–water partition coefficient (Wildman–Crippen LogP) is 2.56. The SMILES string of the molecule is Cc1cc(N)c(F)cc1C1CCN(C(=O)[C@]2(C)CCCN2)CC1. The number of hydrogen-bond acceptors (Lipinski definition) is 3. The third kappa shape index (κ3) is 3.07. The first-order valence-electron chi connectivity index (χ1n) is 8.50. The number of nitrogens with two attached hydrogens (primary N) is 1. The van der Waals surface area contributed by atoms with E-state index in [1.54, 1.807) is 12.1 Å². The number of aryl methyl sites for hydroxylation is 1. The fraction of sp³-hybridized carbons (Fsp3) is 0.611. The largest absolute Gasteiger partial charge is 0.396 e. The zero-order valence-electron chi connectivity index (χ0n) is 14.0. The molecule has 2 heterocycles. The van der Waals surface area contributed by atoms with E-state index >= 15 is 0 Å². The molecule has 4 nitrogen and oxygen atoms in total. The van der Waals surface area contributed by atoms with Crippen LogP contribution in [0.3, 0.4) is 0 Å². The summed E-state index contributed by atoms with van der Waals surface area (Å²) in [7, 11) is 0. The van der Waals surface area contributed by atoms with Gasteiger partial charge in [-0.3, -0.25) is 4.79 Å². The first-order chi connectivity index (χ1) is 10.9. The number of carbonyl (C=O) groups is 1. The Hall–Kier alpha value is -1.62. The van der Waals surface area contributed by atoms with E-state index in [0.717, 1.165) is 56.4 Å². The zero-order chi connectivity index (χ0) is 16.6. The molecular weight excluding hydrogens is 293 g/mol. The second-order valence-electron chi connectivity index (χ2n) is 7.16. The summed E-state index contributed by atoms with van der Waals surface area (Å²) in [5.41, 5.74) is 7.52. The summed E-state index contributed by atoms with van der Waals surface area (Å²) in [5, 5.41) is 3.34. The molecule has 0 radical (unpaired) electrons. The van der Waals surface area contributed by atoms with Crippen LogP contribution in [0.1, 0.15) is 49.7 Å². The Morgan fingerprint density at radius 3 is 2.70 bits per heavy atom. The van der Waals surface area contributed by atoms with Crippen LogP contribution in [0.15, 0.2) is 12.1 Å². The predicted molar refractivity (Wildman–Crippen MR) is 89.7 cm³/mol. The number of nitrogens with one attached hydrogen (secondary N) is 1. The van der Waals surface area contributed by atoms with E-state index in [1.807, 2.05) is 18.7 Å². The summed E-state index contributed by atoms with van der Waals surface area (Å²) in [6, 6.07) is 3.29. The maximum atomic E-state index is 13.8. The summed E-state index contributed by atoms with van der Waals surface area (Å²) in [4.78, 5) is 14.7. The number of nitrogens with zero attached hydrogens (tertiary/aromatic N) is 1. The van der Waals surface area contributed by atoms with E-state index in [4.69, 9.17) is 5.73 Å². The minimum Gasteiger partial charge on any atom is -0.396 e. The number of rotatable bonds is 2. The molecule has 3 rings (SSSR count). The van der Waals surface area contributed by atoms with Gasteiger partial charge in [0.05, 0.1) is 11.2 Å². The van der Waals surface area contributed by atoms with Crippen LogP contribution >= 0.6 is 0 Å². The molecular formula is C18H26FN3O. The lowest BCUT2D eigenvalue weighted by Gasteiger charge is -2.37. The smallest absolute Gasteiger partial charge is 0.242 e.